The third kappa shape index (κ3) is 5.70. The molecule has 0 bridgehead atoms. The van der Waals surface area contributed by atoms with Crippen LogP contribution in [-0.4, -0.2) is 42.2 Å². The van der Waals surface area contributed by atoms with Gasteiger partial charge in [-0.2, -0.15) is 13.2 Å². The van der Waals surface area contributed by atoms with Gasteiger partial charge in [-0.25, -0.2) is 0 Å². The summed E-state index contributed by atoms with van der Waals surface area (Å²) in [6.45, 7) is -0.529. The maximum Gasteiger partial charge on any atom is 0.419 e. The molecule has 2 aromatic carbocycles. The minimum Gasteiger partial charge on any atom is -0.490 e. The molecule has 2 atom stereocenters. The van der Waals surface area contributed by atoms with Crippen molar-refractivity contribution in [2.24, 2.45) is 5.73 Å². The molecule has 0 aliphatic rings. The molecule has 146 valence electrons. The number of nitrogens with two attached hydrogens (primary N) is 1. The average molecular weight is 382 g/mol. The number of aliphatic hydroxyl groups is 1. The van der Waals surface area contributed by atoms with Crippen LogP contribution >= 0.6 is 0 Å². The number of likely N-dealkylation sites (N-methyl/N-ethyl adjacent to an activating group) is 1. The monoisotopic (exact) mass is 382 g/mol. The Kier molecular flexibility index (Phi) is 6.81. The third-order valence-electron chi connectivity index (χ3n) is 3.91. The highest BCUT2D eigenvalue weighted by atomic mass is 19.4. The van der Waals surface area contributed by atoms with Crippen LogP contribution in [0.5, 0.6) is 5.75 Å². The van der Waals surface area contributed by atoms with Crippen molar-refractivity contribution in [3.8, 4) is 5.75 Å². The SMILES string of the molecule is CN(CC(O)COc1ccccc1C(F)(F)F)C(=O)C(N)c1ccccc1. The molecule has 1 amide bonds. The molecule has 0 radical (unpaired) electrons. The third-order valence-corrected chi connectivity index (χ3v) is 3.91. The predicted molar refractivity (Wildman–Crippen MR) is 94.0 cm³/mol. The van der Waals surface area contributed by atoms with E-state index in [4.69, 9.17) is 10.5 Å². The van der Waals surface area contributed by atoms with Crippen molar-refractivity contribution in [2.45, 2.75) is 18.3 Å². The lowest BCUT2D eigenvalue weighted by molar-refractivity contribution is -0.139. The number of amides is 1. The van der Waals surface area contributed by atoms with E-state index in [2.05, 4.69) is 0 Å². The molecule has 8 heteroatoms. The highest BCUT2D eigenvalue weighted by molar-refractivity contribution is 5.82. The molecule has 2 rings (SSSR count). The van der Waals surface area contributed by atoms with Gasteiger partial charge >= 0.3 is 6.18 Å². The second-order valence-electron chi connectivity index (χ2n) is 6.07. The molecule has 0 saturated heterocycles. The van der Waals surface area contributed by atoms with E-state index in [9.17, 15) is 23.1 Å². The summed E-state index contributed by atoms with van der Waals surface area (Å²) < 4.78 is 43.9. The molecule has 0 fully saturated rings. The number of benzene rings is 2. The van der Waals surface area contributed by atoms with Crippen LogP contribution in [0.2, 0.25) is 0 Å². The number of rotatable bonds is 7. The fraction of sp³-hybridized carbons (Fsp3) is 0.316. The van der Waals surface area contributed by atoms with Crippen LogP contribution in [-0.2, 0) is 11.0 Å². The molecule has 3 N–H and O–H groups in total. The molecular weight excluding hydrogens is 361 g/mol. The molecule has 27 heavy (non-hydrogen) atoms. The zero-order valence-corrected chi connectivity index (χ0v) is 14.7. The molecule has 0 saturated carbocycles. The summed E-state index contributed by atoms with van der Waals surface area (Å²) >= 11 is 0. The smallest absolute Gasteiger partial charge is 0.419 e. The van der Waals surface area contributed by atoms with Crippen molar-refractivity contribution in [3.63, 3.8) is 0 Å². The summed E-state index contributed by atoms with van der Waals surface area (Å²) in [6.07, 6.45) is -5.74. The Morgan fingerprint density at radius 1 is 1.15 bits per heavy atom. The lowest BCUT2D eigenvalue weighted by atomic mass is 10.1. The summed E-state index contributed by atoms with van der Waals surface area (Å²) in [6, 6.07) is 12.6. The van der Waals surface area contributed by atoms with Gasteiger partial charge in [0.25, 0.3) is 0 Å². The quantitative estimate of drug-likeness (QED) is 0.772. The van der Waals surface area contributed by atoms with Crippen LogP contribution in [0.1, 0.15) is 17.2 Å². The maximum absolute atomic E-state index is 12.9. The van der Waals surface area contributed by atoms with Gasteiger partial charge < -0.3 is 20.5 Å². The van der Waals surface area contributed by atoms with Crippen molar-refractivity contribution in [2.75, 3.05) is 20.2 Å². The lowest BCUT2D eigenvalue weighted by Crippen LogP contribution is -2.41. The van der Waals surface area contributed by atoms with Crippen LogP contribution in [0.4, 0.5) is 13.2 Å². The number of ether oxygens (including phenoxy) is 1. The number of halogens is 3. The van der Waals surface area contributed by atoms with Gasteiger partial charge in [-0.15, -0.1) is 0 Å². The molecule has 0 heterocycles. The van der Waals surface area contributed by atoms with Gasteiger partial charge in [-0.3, -0.25) is 4.79 Å². The van der Waals surface area contributed by atoms with E-state index in [1.54, 1.807) is 30.3 Å². The molecule has 0 aliphatic heterocycles. The van der Waals surface area contributed by atoms with Gasteiger partial charge in [0.2, 0.25) is 5.91 Å². The van der Waals surface area contributed by atoms with E-state index in [-0.39, 0.29) is 12.3 Å². The van der Waals surface area contributed by atoms with Crippen molar-refractivity contribution in [3.05, 3.63) is 65.7 Å². The van der Waals surface area contributed by atoms with Gasteiger partial charge in [-0.05, 0) is 17.7 Å². The Bertz CT molecular complexity index is 753. The second-order valence-corrected chi connectivity index (χ2v) is 6.07. The summed E-state index contributed by atoms with van der Waals surface area (Å²) in [7, 11) is 1.46. The van der Waals surface area contributed by atoms with Crippen LogP contribution in [0.3, 0.4) is 0 Å². The fourth-order valence-corrected chi connectivity index (χ4v) is 2.51. The van der Waals surface area contributed by atoms with Crippen molar-refractivity contribution in [1.29, 1.82) is 0 Å². The minimum absolute atomic E-state index is 0.131. The van der Waals surface area contributed by atoms with E-state index in [0.717, 1.165) is 6.07 Å². The maximum atomic E-state index is 12.9. The molecule has 2 unspecified atom stereocenters. The first kappa shape index (κ1) is 20.7. The van der Waals surface area contributed by atoms with E-state index in [1.807, 2.05) is 0 Å². The first-order valence-electron chi connectivity index (χ1n) is 8.22. The molecule has 0 aromatic heterocycles. The first-order chi connectivity index (χ1) is 12.7. The van der Waals surface area contributed by atoms with Gasteiger partial charge in [0.15, 0.2) is 0 Å². The average Bonchev–Trinajstić information content (AvgIpc) is 2.65. The Morgan fingerprint density at radius 2 is 1.74 bits per heavy atom. The highest BCUT2D eigenvalue weighted by Crippen LogP contribution is 2.35. The Morgan fingerprint density at radius 3 is 2.37 bits per heavy atom. The van der Waals surface area contributed by atoms with Gasteiger partial charge in [-0.1, -0.05) is 42.5 Å². The number of aliphatic hydroxyl groups excluding tert-OH is 1. The molecule has 0 spiro atoms. The Labute approximate surface area is 155 Å². The van der Waals surface area contributed by atoms with Crippen molar-refractivity contribution < 1.29 is 27.8 Å². The zero-order valence-electron chi connectivity index (χ0n) is 14.7. The number of carbonyl (C=O) groups is 1. The minimum atomic E-state index is -4.56. The van der Waals surface area contributed by atoms with Gasteiger partial charge in [0.05, 0.1) is 5.56 Å². The highest BCUT2D eigenvalue weighted by Gasteiger charge is 2.34. The van der Waals surface area contributed by atoms with Crippen LogP contribution in [0, 0.1) is 0 Å². The lowest BCUT2D eigenvalue weighted by Gasteiger charge is -2.24. The standard InChI is InChI=1S/C19H21F3N2O3/c1-24(18(26)17(23)13-7-3-2-4-8-13)11-14(25)12-27-16-10-6-5-9-15(16)19(20,21)22/h2-10,14,17,25H,11-12,23H2,1H3. The summed E-state index contributed by atoms with van der Waals surface area (Å²) in [5.74, 6) is -0.796. The number of hydrogen-bond donors (Lipinski definition) is 2. The summed E-state index contributed by atoms with van der Waals surface area (Å²) in [5.41, 5.74) is 5.62. The summed E-state index contributed by atoms with van der Waals surface area (Å²) in [4.78, 5) is 13.6. The second kappa shape index (κ2) is 8.88. The van der Waals surface area contributed by atoms with E-state index >= 15 is 0 Å². The van der Waals surface area contributed by atoms with E-state index in [0.29, 0.717) is 5.56 Å². The number of hydrogen-bond acceptors (Lipinski definition) is 4. The topological polar surface area (TPSA) is 75.8 Å². The predicted octanol–water partition coefficient (Wildman–Crippen LogP) is 2.60. The molecule has 2 aromatic rings. The van der Waals surface area contributed by atoms with E-state index < -0.39 is 36.4 Å². The molecule has 0 aliphatic carbocycles. The van der Waals surface area contributed by atoms with Gasteiger partial charge in [0, 0.05) is 13.6 Å². The van der Waals surface area contributed by atoms with Crippen molar-refractivity contribution in [1.82, 2.24) is 4.90 Å². The number of para-hydroxylation sites is 1. The van der Waals surface area contributed by atoms with Gasteiger partial charge in [0.1, 0.15) is 24.5 Å². The number of nitrogens with zero attached hydrogens (tertiary/aromatic N) is 1. The zero-order chi connectivity index (χ0) is 20.0. The normalized spacial score (nSPS) is 13.7. The van der Waals surface area contributed by atoms with Crippen LogP contribution in [0.15, 0.2) is 54.6 Å². The van der Waals surface area contributed by atoms with E-state index in [1.165, 1.54) is 30.1 Å². The Hall–Kier alpha value is -2.58. The molecular formula is C19H21F3N2O3. The fourth-order valence-electron chi connectivity index (χ4n) is 2.51. The van der Waals surface area contributed by atoms with Crippen LogP contribution < -0.4 is 10.5 Å². The van der Waals surface area contributed by atoms with Crippen LogP contribution in [0.25, 0.3) is 0 Å². The summed E-state index contributed by atoms with van der Waals surface area (Å²) in [5, 5.41) is 10.0. The largest absolute Gasteiger partial charge is 0.490 e. The number of alkyl halides is 3. The first-order valence-corrected chi connectivity index (χ1v) is 8.22. The molecule has 5 nitrogen and oxygen atoms in total. The number of carbonyl (C=O) groups excluding carboxylic acids is 1. The van der Waals surface area contributed by atoms with Crippen molar-refractivity contribution >= 4 is 5.91 Å². The Balaban J connectivity index is 1.92.